The third-order valence-electron chi connectivity index (χ3n) is 10.8. The standard InChI is InChI=1S/2C19H17N.C12H10O8S2.2C3H8O/c2*20-19(16-10-4-1-5-11-16,17-12-6-2-7-13-17)18-14-8-3-9-15-18;13-9-3-1-7(5-11(9)21(15,16)17)8-2-4-10(14)12(6-8)22(18,19)20;2*1-2-3-4/h2*1-15H,20H2;1-6,13-14H,(H,15,16,17)(H,18,19,20);2*4H,2-3H2,1H3. The fraction of sp³-hybridized carbons (Fsp3) is 0.143. The van der Waals surface area contributed by atoms with Crippen molar-refractivity contribution in [3.05, 3.63) is 252 Å². The molecule has 0 saturated heterocycles. The summed E-state index contributed by atoms with van der Waals surface area (Å²) < 4.78 is 66.1. The van der Waals surface area contributed by atoms with E-state index in [0.29, 0.717) is 13.2 Å². The Kier molecular flexibility index (Phi) is 21.2. The van der Waals surface area contributed by atoms with Crippen LogP contribution in [0.3, 0.4) is 0 Å². The Morgan fingerprint density at radius 2 is 0.571 bits per heavy atom. The first-order valence-corrected chi connectivity index (χ1v) is 25.1. The zero-order valence-electron chi connectivity index (χ0n) is 39.1. The zero-order valence-corrected chi connectivity index (χ0v) is 40.7. The minimum absolute atomic E-state index is 0.0668. The highest BCUT2D eigenvalue weighted by molar-refractivity contribution is 7.86. The molecule has 0 fully saturated rings. The second-order valence-corrected chi connectivity index (χ2v) is 18.4. The highest BCUT2D eigenvalue weighted by atomic mass is 32.2. The van der Waals surface area contributed by atoms with Crippen LogP contribution in [0.2, 0.25) is 0 Å². The molecule has 14 heteroatoms. The van der Waals surface area contributed by atoms with Crippen molar-refractivity contribution in [2.24, 2.45) is 0 Å². The van der Waals surface area contributed by atoms with Crippen molar-refractivity contribution >= 4 is 20.2 Å². The molecule has 8 rings (SSSR count). The summed E-state index contributed by atoms with van der Waals surface area (Å²) in [4.78, 5) is -1.77. The minimum Gasteiger partial charge on any atom is -0.744 e. The van der Waals surface area contributed by atoms with Crippen molar-refractivity contribution in [2.45, 2.75) is 47.6 Å². The van der Waals surface area contributed by atoms with Gasteiger partial charge in [-0.1, -0.05) is 208 Å². The lowest BCUT2D eigenvalue weighted by Gasteiger charge is -2.27. The van der Waals surface area contributed by atoms with Gasteiger partial charge in [0.2, 0.25) is 0 Å². The average Bonchev–Trinajstić information content (AvgIpc) is 3.40. The van der Waals surface area contributed by atoms with Gasteiger partial charge in [0.1, 0.15) is 31.7 Å². The predicted octanol–water partition coefficient (Wildman–Crippen LogP) is 7.79. The maximum Gasteiger partial charge on any atom is 0.172 e. The first-order chi connectivity index (χ1) is 33.5. The third-order valence-corrected chi connectivity index (χ3v) is 12.6. The van der Waals surface area contributed by atoms with Crippen molar-refractivity contribution in [3.8, 4) is 22.6 Å². The van der Waals surface area contributed by atoms with E-state index in [0.717, 1.165) is 37.1 Å². The maximum atomic E-state index is 11.0. The fourth-order valence-electron chi connectivity index (χ4n) is 7.12. The van der Waals surface area contributed by atoms with Gasteiger partial charge in [-0.05, 0) is 48.2 Å². The van der Waals surface area contributed by atoms with E-state index in [1.807, 2.05) is 50.2 Å². The molecular weight excluding hydrogens is 925 g/mol. The van der Waals surface area contributed by atoms with Gasteiger partial charge in [-0.25, -0.2) is 16.8 Å². The molecule has 0 unspecified atom stereocenters. The molecule has 0 radical (unpaired) electrons. The largest absolute Gasteiger partial charge is 0.744 e. The molecule has 8 aromatic carbocycles. The second-order valence-electron chi connectivity index (χ2n) is 15.7. The fourth-order valence-corrected chi connectivity index (χ4v) is 8.31. The summed E-state index contributed by atoms with van der Waals surface area (Å²) in [5.74, 6) is -1.51. The highest BCUT2D eigenvalue weighted by Crippen LogP contribution is 2.35. The van der Waals surface area contributed by atoms with E-state index in [9.17, 15) is 36.2 Å². The molecule has 366 valence electrons. The molecule has 0 aliphatic carbocycles. The van der Waals surface area contributed by atoms with E-state index in [2.05, 4.69) is 157 Å². The summed E-state index contributed by atoms with van der Waals surface area (Å²) in [6.07, 6.45) is 1.75. The molecule has 0 amide bonds. The summed E-state index contributed by atoms with van der Waals surface area (Å²) in [6.45, 7) is 4.50. The molecule has 0 spiro atoms. The van der Waals surface area contributed by atoms with Crippen molar-refractivity contribution in [2.75, 3.05) is 13.2 Å². The van der Waals surface area contributed by atoms with Crippen LogP contribution in [0.5, 0.6) is 11.5 Å². The lowest BCUT2D eigenvalue weighted by Crippen LogP contribution is -2.71. The lowest BCUT2D eigenvalue weighted by molar-refractivity contribution is -0.455. The van der Waals surface area contributed by atoms with Crippen LogP contribution in [-0.2, 0) is 31.3 Å². The van der Waals surface area contributed by atoms with Crippen molar-refractivity contribution in [3.63, 3.8) is 0 Å². The van der Waals surface area contributed by atoms with Crippen LogP contribution in [0, 0.1) is 0 Å². The quantitative estimate of drug-likeness (QED) is 0.0542. The Labute approximate surface area is 411 Å². The number of phenols is 2. The van der Waals surface area contributed by atoms with Gasteiger partial charge in [-0.2, -0.15) is 0 Å². The monoisotopic (exact) mass is 984 g/mol. The van der Waals surface area contributed by atoms with Crippen molar-refractivity contribution < 1.29 is 57.8 Å². The number of aliphatic hydroxyl groups excluding tert-OH is 2. The third kappa shape index (κ3) is 15.0. The highest BCUT2D eigenvalue weighted by Gasteiger charge is 2.37. The molecule has 12 nitrogen and oxygen atoms in total. The Balaban J connectivity index is 0.000000212. The van der Waals surface area contributed by atoms with Crippen LogP contribution >= 0.6 is 0 Å². The van der Waals surface area contributed by atoms with E-state index in [1.54, 1.807) is 0 Å². The molecule has 10 N–H and O–H groups in total. The average molecular weight is 985 g/mol. The van der Waals surface area contributed by atoms with E-state index >= 15 is 0 Å². The Hall–Kier alpha value is -6.98. The van der Waals surface area contributed by atoms with Crippen LogP contribution in [0.25, 0.3) is 11.1 Å². The second kappa shape index (κ2) is 26.7. The molecule has 0 atom stereocenters. The normalized spacial score (nSPS) is 11.1. The van der Waals surface area contributed by atoms with Crippen molar-refractivity contribution in [1.82, 2.24) is 0 Å². The lowest BCUT2D eigenvalue weighted by atomic mass is 9.78. The van der Waals surface area contributed by atoms with E-state index < -0.39 is 41.5 Å². The first kappa shape index (κ1) is 55.6. The van der Waals surface area contributed by atoms with Gasteiger partial charge in [-0.3, -0.25) is 0 Å². The molecular formula is C56H60N2O10S2. The van der Waals surface area contributed by atoms with Gasteiger partial charge in [0.15, 0.2) is 11.1 Å². The number of quaternary nitrogens is 2. The molecule has 8 aromatic rings. The Morgan fingerprint density at radius 3 is 0.729 bits per heavy atom. The predicted molar refractivity (Wildman–Crippen MR) is 270 cm³/mol. The Morgan fingerprint density at radius 1 is 0.386 bits per heavy atom. The number of aromatic hydroxyl groups is 2. The van der Waals surface area contributed by atoms with Gasteiger partial charge in [0.25, 0.3) is 0 Å². The topological polar surface area (TPSA) is 251 Å². The molecule has 70 heavy (non-hydrogen) atoms. The minimum atomic E-state index is -4.94. The van der Waals surface area contributed by atoms with Gasteiger partial charge in [0, 0.05) is 46.6 Å². The molecule has 0 saturated carbocycles. The number of aliphatic hydroxyl groups is 2. The number of phenolic OH excluding ortho intramolecular Hbond substituents is 2. The SMILES string of the molecule is CCCO.CCCO.O=S(=O)([O-])c1cc(-c2ccc(O)c(S(=O)(=O)[O-])c2)ccc1O.[NH3+]C(c1ccccc1)(c1ccccc1)c1ccccc1.[NH3+]C(c1ccccc1)(c1ccccc1)c1ccccc1. The van der Waals surface area contributed by atoms with Crippen LogP contribution < -0.4 is 11.5 Å². The summed E-state index contributed by atoms with van der Waals surface area (Å²) in [6, 6.07) is 68.8. The number of benzene rings is 8. The first-order valence-electron chi connectivity index (χ1n) is 22.3. The zero-order chi connectivity index (χ0) is 51.2. The van der Waals surface area contributed by atoms with Crippen LogP contribution in [0.15, 0.2) is 228 Å². The summed E-state index contributed by atoms with van der Waals surface area (Å²) in [5, 5.41) is 34.5. The van der Waals surface area contributed by atoms with E-state index in [1.165, 1.54) is 45.5 Å². The smallest absolute Gasteiger partial charge is 0.172 e. The van der Waals surface area contributed by atoms with Crippen LogP contribution in [0.4, 0.5) is 0 Å². The summed E-state index contributed by atoms with van der Waals surface area (Å²) >= 11 is 0. The van der Waals surface area contributed by atoms with Crippen LogP contribution in [-0.4, -0.2) is 59.6 Å². The van der Waals surface area contributed by atoms with Crippen LogP contribution in [0.1, 0.15) is 60.1 Å². The van der Waals surface area contributed by atoms with E-state index in [-0.39, 0.29) is 22.2 Å². The maximum absolute atomic E-state index is 11.0. The van der Waals surface area contributed by atoms with Gasteiger partial charge in [0.05, 0.1) is 9.79 Å². The number of rotatable bonds is 11. The van der Waals surface area contributed by atoms with Gasteiger partial charge in [-0.15, -0.1) is 0 Å². The summed E-state index contributed by atoms with van der Waals surface area (Å²) in [7, 11) is -9.88. The molecule has 0 aliphatic rings. The molecule has 0 aliphatic heterocycles. The number of hydrogen-bond donors (Lipinski definition) is 6. The molecule has 0 aromatic heterocycles. The Bertz CT molecular complexity index is 2600. The van der Waals surface area contributed by atoms with E-state index in [4.69, 9.17) is 10.2 Å². The summed E-state index contributed by atoms with van der Waals surface area (Å²) in [5.41, 5.74) is 15.8. The van der Waals surface area contributed by atoms with Gasteiger partial charge < -0.3 is 41.0 Å². The molecule has 0 bridgehead atoms. The van der Waals surface area contributed by atoms with Gasteiger partial charge >= 0.3 is 0 Å². The van der Waals surface area contributed by atoms with Crippen molar-refractivity contribution in [1.29, 1.82) is 0 Å². The molecule has 0 heterocycles. The number of hydrogen-bond acceptors (Lipinski definition) is 10.